The molecule has 3 N–H and O–H groups in total. The molecule has 1 amide bonds. The molecule has 0 saturated carbocycles. The number of anilines is 1. The topological polar surface area (TPSA) is 105 Å². The molecule has 8 heteroatoms. The average molecular weight is 455 g/mol. The highest BCUT2D eigenvalue weighted by molar-refractivity contribution is 7.92. The van der Waals surface area contributed by atoms with E-state index in [-0.39, 0.29) is 17.0 Å². The Hall–Kier alpha value is -3.36. The summed E-state index contributed by atoms with van der Waals surface area (Å²) in [5, 5.41) is 12.9. The van der Waals surface area contributed by atoms with Crippen LogP contribution in [0.2, 0.25) is 0 Å². The highest BCUT2D eigenvalue weighted by Crippen LogP contribution is 2.22. The maximum Gasteiger partial charge on any atom is 0.261 e. The van der Waals surface area contributed by atoms with Gasteiger partial charge in [0.2, 0.25) is 0 Å². The van der Waals surface area contributed by atoms with Crippen LogP contribution in [0.4, 0.5) is 5.69 Å². The Morgan fingerprint density at radius 3 is 2.28 bits per heavy atom. The van der Waals surface area contributed by atoms with Crippen molar-refractivity contribution in [1.29, 1.82) is 0 Å². The van der Waals surface area contributed by atoms with E-state index in [1.54, 1.807) is 43.5 Å². The minimum atomic E-state index is -3.79. The number of sulfonamides is 1. The first-order chi connectivity index (χ1) is 15.2. The number of ether oxygens (including phenoxy) is 1. The number of aliphatic hydroxyl groups is 1. The van der Waals surface area contributed by atoms with Gasteiger partial charge in [0.15, 0.2) is 0 Å². The van der Waals surface area contributed by atoms with Crippen LogP contribution < -0.4 is 14.8 Å². The summed E-state index contributed by atoms with van der Waals surface area (Å²) < 4.78 is 33.1. The van der Waals surface area contributed by atoms with Crippen molar-refractivity contribution in [2.45, 2.75) is 24.8 Å². The number of nitrogens with one attached hydrogen (secondary N) is 2. The molecule has 0 saturated heterocycles. The van der Waals surface area contributed by atoms with Crippen molar-refractivity contribution in [2.24, 2.45) is 0 Å². The molecule has 3 aromatic rings. The van der Waals surface area contributed by atoms with Gasteiger partial charge in [-0.3, -0.25) is 9.52 Å². The molecule has 0 aliphatic heterocycles. The average Bonchev–Trinajstić information content (AvgIpc) is 2.80. The van der Waals surface area contributed by atoms with E-state index in [0.717, 1.165) is 11.1 Å². The first-order valence-corrected chi connectivity index (χ1v) is 11.5. The van der Waals surface area contributed by atoms with Crippen molar-refractivity contribution < 1.29 is 23.1 Å². The zero-order valence-corrected chi connectivity index (χ0v) is 18.9. The highest BCUT2D eigenvalue weighted by atomic mass is 32.2. The second kappa shape index (κ2) is 9.84. The van der Waals surface area contributed by atoms with Gasteiger partial charge in [-0.1, -0.05) is 24.3 Å². The molecule has 0 fully saturated rings. The van der Waals surface area contributed by atoms with Crippen LogP contribution in [0.25, 0.3) is 0 Å². The van der Waals surface area contributed by atoms with Crippen LogP contribution >= 0.6 is 0 Å². The number of hydrogen-bond donors (Lipinski definition) is 3. The molecule has 32 heavy (non-hydrogen) atoms. The number of aliphatic hydroxyl groups excluding tert-OH is 1. The summed E-state index contributed by atoms with van der Waals surface area (Å²) in [7, 11) is -2.24. The number of methoxy groups -OCH3 is 1. The molecular formula is C24H26N2O5S. The maximum absolute atomic E-state index is 12.7. The van der Waals surface area contributed by atoms with Crippen LogP contribution in [-0.4, -0.2) is 33.1 Å². The molecule has 0 aliphatic carbocycles. The van der Waals surface area contributed by atoms with Gasteiger partial charge in [-0.2, -0.15) is 0 Å². The summed E-state index contributed by atoms with van der Waals surface area (Å²) in [6.07, 6.45) is -0.883. The first-order valence-electron chi connectivity index (χ1n) is 10.0. The summed E-state index contributed by atoms with van der Waals surface area (Å²) >= 11 is 0. The lowest BCUT2D eigenvalue weighted by Crippen LogP contribution is -2.28. The van der Waals surface area contributed by atoms with E-state index in [4.69, 9.17) is 4.74 Å². The molecule has 3 aromatic carbocycles. The Morgan fingerprint density at radius 1 is 1.00 bits per heavy atom. The number of carbonyl (C=O) groups excluding carboxylic acids is 1. The van der Waals surface area contributed by atoms with Gasteiger partial charge in [0.1, 0.15) is 5.75 Å². The minimum absolute atomic E-state index is 0.0133. The predicted molar refractivity (Wildman–Crippen MR) is 123 cm³/mol. The third-order valence-electron chi connectivity index (χ3n) is 5.23. The van der Waals surface area contributed by atoms with Gasteiger partial charge >= 0.3 is 0 Å². The molecule has 0 heterocycles. The van der Waals surface area contributed by atoms with Crippen LogP contribution in [-0.2, 0) is 10.0 Å². The minimum Gasteiger partial charge on any atom is -0.497 e. The SMILES string of the molecule is COc1ccc(C(O)CNC(=O)c2ccc(S(=O)(=O)Nc3cccc(C)c3C)cc2)cc1. The fourth-order valence-electron chi connectivity index (χ4n) is 3.09. The molecule has 0 aliphatic rings. The second-order valence-electron chi connectivity index (χ2n) is 7.38. The summed E-state index contributed by atoms with van der Waals surface area (Å²) in [4.78, 5) is 12.5. The van der Waals surface area contributed by atoms with Gasteiger partial charge in [0.25, 0.3) is 15.9 Å². The third kappa shape index (κ3) is 5.46. The van der Waals surface area contributed by atoms with Gasteiger partial charge in [-0.15, -0.1) is 0 Å². The molecule has 0 radical (unpaired) electrons. The number of benzene rings is 3. The normalized spacial score (nSPS) is 12.1. The van der Waals surface area contributed by atoms with E-state index in [1.165, 1.54) is 24.3 Å². The Balaban J connectivity index is 1.63. The largest absolute Gasteiger partial charge is 0.497 e. The zero-order valence-electron chi connectivity index (χ0n) is 18.1. The molecule has 0 aromatic heterocycles. The number of carbonyl (C=O) groups is 1. The van der Waals surface area contributed by atoms with Gasteiger partial charge in [0.05, 0.1) is 23.8 Å². The second-order valence-corrected chi connectivity index (χ2v) is 9.06. The van der Waals surface area contributed by atoms with Crippen LogP contribution in [0.1, 0.15) is 33.2 Å². The lowest BCUT2D eigenvalue weighted by molar-refractivity contribution is 0.0916. The van der Waals surface area contributed by atoms with Gasteiger partial charge in [-0.05, 0) is 73.0 Å². The van der Waals surface area contributed by atoms with Crippen molar-refractivity contribution in [3.63, 3.8) is 0 Å². The van der Waals surface area contributed by atoms with Crippen molar-refractivity contribution in [1.82, 2.24) is 5.32 Å². The summed E-state index contributed by atoms with van der Waals surface area (Å²) in [6, 6.07) is 17.9. The Labute approximate surface area is 188 Å². The Kier molecular flexibility index (Phi) is 7.17. The van der Waals surface area contributed by atoms with Crippen LogP contribution in [0.15, 0.2) is 71.6 Å². The smallest absolute Gasteiger partial charge is 0.261 e. The molecule has 0 bridgehead atoms. The molecule has 0 spiro atoms. The Morgan fingerprint density at radius 2 is 1.66 bits per heavy atom. The third-order valence-corrected chi connectivity index (χ3v) is 6.61. The molecule has 3 rings (SSSR count). The van der Waals surface area contributed by atoms with Crippen LogP contribution in [0.3, 0.4) is 0 Å². The number of hydrogen-bond acceptors (Lipinski definition) is 5. The monoisotopic (exact) mass is 454 g/mol. The first kappa shape index (κ1) is 23.3. The summed E-state index contributed by atoms with van der Waals surface area (Å²) in [6.45, 7) is 3.77. The fraction of sp³-hybridized carbons (Fsp3) is 0.208. The van der Waals surface area contributed by atoms with Crippen molar-refractivity contribution >= 4 is 21.6 Å². The molecule has 1 atom stereocenters. The maximum atomic E-state index is 12.7. The van der Waals surface area contributed by atoms with Crippen molar-refractivity contribution in [3.8, 4) is 5.75 Å². The van der Waals surface area contributed by atoms with Gasteiger partial charge in [0, 0.05) is 12.1 Å². The standard InChI is InChI=1S/C24H26N2O5S/c1-16-5-4-6-22(17(16)2)26-32(29,30)21-13-9-19(10-14-21)24(28)25-15-23(27)18-7-11-20(31-3)12-8-18/h4-14,23,26-27H,15H2,1-3H3,(H,25,28). The molecule has 7 nitrogen and oxygen atoms in total. The Bertz CT molecular complexity index is 1190. The van der Waals surface area contributed by atoms with E-state index in [0.29, 0.717) is 17.0 Å². The van der Waals surface area contributed by atoms with E-state index in [1.807, 2.05) is 19.9 Å². The fourth-order valence-corrected chi connectivity index (χ4v) is 4.21. The zero-order chi connectivity index (χ0) is 23.3. The van der Waals surface area contributed by atoms with E-state index in [2.05, 4.69) is 10.0 Å². The quantitative estimate of drug-likeness (QED) is 0.483. The number of amides is 1. The highest BCUT2D eigenvalue weighted by Gasteiger charge is 2.17. The summed E-state index contributed by atoms with van der Waals surface area (Å²) in [5.41, 5.74) is 3.28. The summed E-state index contributed by atoms with van der Waals surface area (Å²) in [5.74, 6) is 0.260. The van der Waals surface area contributed by atoms with Crippen molar-refractivity contribution in [3.05, 3.63) is 89.0 Å². The van der Waals surface area contributed by atoms with Crippen molar-refractivity contribution in [2.75, 3.05) is 18.4 Å². The van der Waals surface area contributed by atoms with E-state index >= 15 is 0 Å². The van der Waals surface area contributed by atoms with Crippen LogP contribution in [0.5, 0.6) is 5.75 Å². The number of rotatable bonds is 8. The molecule has 1 unspecified atom stereocenters. The van der Waals surface area contributed by atoms with Crippen LogP contribution in [0, 0.1) is 13.8 Å². The van der Waals surface area contributed by atoms with E-state index < -0.39 is 22.0 Å². The van der Waals surface area contributed by atoms with E-state index in [9.17, 15) is 18.3 Å². The lowest BCUT2D eigenvalue weighted by atomic mass is 10.1. The molecule has 168 valence electrons. The lowest BCUT2D eigenvalue weighted by Gasteiger charge is -2.14. The predicted octanol–water partition coefficient (Wildman–Crippen LogP) is 3.58. The van der Waals surface area contributed by atoms with Gasteiger partial charge < -0.3 is 15.2 Å². The van der Waals surface area contributed by atoms with Gasteiger partial charge in [-0.25, -0.2) is 8.42 Å². The molecular weight excluding hydrogens is 428 g/mol. The number of aryl methyl sites for hydroxylation is 1.